The normalized spacial score (nSPS) is 9.75. The van der Waals surface area contributed by atoms with Crippen molar-refractivity contribution in [1.29, 1.82) is 5.26 Å². The van der Waals surface area contributed by atoms with Crippen LogP contribution in [-0.4, -0.2) is 0 Å². The van der Waals surface area contributed by atoms with Crippen molar-refractivity contribution in [3.8, 4) is 6.07 Å². The maximum atomic E-state index is 8.71. The van der Waals surface area contributed by atoms with Gasteiger partial charge in [0.2, 0.25) is 0 Å². The molecule has 2 rings (SSSR count). The molecule has 0 aliphatic heterocycles. The van der Waals surface area contributed by atoms with Gasteiger partial charge in [0.05, 0.1) is 5.56 Å². The number of nitrogens with zero attached hydrogens (tertiary/aromatic N) is 1. The molecule has 0 bridgehead atoms. The van der Waals surface area contributed by atoms with Gasteiger partial charge in [0.25, 0.3) is 0 Å². The quantitative estimate of drug-likeness (QED) is 0.872. The van der Waals surface area contributed by atoms with E-state index in [-0.39, 0.29) is 0 Å². The van der Waals surface area contributed by atoms with Crippen LogP contribution in [0.2, 0.25) is 0 Å². The monoisotopic (exact) mass is 228 g/mol. The molecule has 0 saturated carbocycles. The lowest BCUT2D eigenvalue weighted by atomic mass is 10.2. The van der Waals surface area contributed by atoms with Gasteiger partial charge in [0.15, 0.2) is 0 Å². The van der Waals surface area contributed by atoms with E-state index in [9.17, 15) is 0 Å². The average Bonchev–Trinajstić information content (AvgIpc) is 2.74. The predicted octanol–water partition coefficient (Wildman–Crippen LogP) is 3.54. The third-order valence-electron chi connectivity index (χ3n) is 2.27. The molecule has 1 aromatic heterocycles. The summed E-state index contributed by atoms with van der Waals surface area (Å²) in [4.78, 5) is 1.18. The maximum absolute atomic E-state index is 8.71. The Morgan fingerprint density at radius 1 is 1.38 bits per heavy atom. The fraction of sp³-hybridized carbons (Fsp3) is 0.154. The minimum atomic E-state index is 0.742. The summed E-state index contributed by atoms with van der Waals surface area (Å²) in [5.74, 6) is 0. The fourth-order valence-corrected chi connectivity index (χ4v) is 2.23. The second kappa shape index (κ2) is 4.82. The van der Waals surface area contributed by atoms with Crippen LogP contribution in [0, 0.1) is 18.3 Å². The number of thiophene rings is 1. The standard InChI is InChI=1S/C13H12N2S/c1-10-3-2-4-12(5-10)15-8-13-6-11(7-14)9-16-13/h2-6,9,15H,8H2,1H3. The van der Waals surface area contributed by atoms with Crippen molar-refractivity contribution >= 4 is 17.0 Å². The van der Waals surface area contributed by atoms with Crippen LogP contribution in [0.5, 0.6) is 0 Å². The molecule has 0 aliphatic rings. The van der Waals surface area contributed by atoms with Crippen LogP contribution < -0.4 is 5.32 Å². The molecule has 0 spiro atoms. The molecule has 16 heavy (non-hydrogen) atoms. The Kier molecular flexibility index (Phi) is 3.23. The van der Waals surface area contributed by atoms with Gasteiger partial charge in [-0.25, -0.2) is 0 Å². The van der Waals surface area contributed by atoms with E-state index in [2.05, 4.69) is 30.4 Å². The Morgan fingerprint density at radius 3 is 2.94 bits per heavy atom. The number of nitrogens with one attached hydrogen (secondary N) is 1. The minimum Gasteiger partial charge on any atom is -0.380 e. The molecule has 1 N–H and O–H groups in total. The highest BCUT2D eigenvalue weighted by Crippen LogP contribution is 2.16. The summed E-state index contributed by atoms with van der Waals surface area (Å²) >= 11 is 1.61. The summed E-state index contributed by atoms with van der Waals surface area (Å²) < 4.78 is 0. The van der Waals surface area contributed by atoms with Gasteiger partial charge >= 0.3 is 0 Å². The number of benzene rings is 1. The van der Waals surface area contributed by atoms with Crippen LogP contribution in [0.3, 0.4) is 0 Å². The van der Waals surface area contributed by atoms with Crippen molar-refractivity contribution in [1.82, 2.24) is 0 Å². The minimum absolute atomic E-state index is 0.742. The number of hydrogen-bond donors (Lipinski definition) is 1. The van der Waals surface area contributed by atoms with E-state index in [4.69, 9.17) is 5.26 Å². The molecule has 0 aliphatic carbocycles. The molecule has 0 fully saturated rings. The van der Waals surface area contributed by atoms with Gasteiger partial charge in [-0.2, -0.15) is 5.26 Å². The van der Waals surface area contributed by atoms with Gasteiger partial charge < -0.3 is 5.32 Å². The predicted molar refractivity (Wildman–Crippen MR) is 67.5 cm³/mol. The highest BCUT2D eigenvalue weighted by molar-refractivity contribution is 7.10. The van der Waals surface area contributed by atoms with E-state index < -0.39 is 0 Å². The van der Waals surface area contributed by atoms with E-state index in [0.717, 1.165) is 17.8 Å². The van der Waals surface area contributed by atoms with Crippen molar-refractivity contribution in [3.63, 3.8) is 0 Å². The first-order valence-electron chi connectivity index (χ1n) is 5.06. The third-order valence-corrected chi connectivity index (χ3v) is 3.20. The summed E-state index contributed by atoms with van der Waals surface area (Å²) in [7, 11) is 0. The molecule has 3 heteroatoms. The molecule has 1 aromatic carbocycles. The van der Waals surface area contributed by atoms with E-state index in [1.807, 2.05) is 23.6 Å². The zero-order chi connectivity index (χ0) is 11.4. The molecular formula is C13H12N2S. The SMILES string of the molecule is Cc1cccc(NCc2cc(C#N)cs2)c1. The van der Waals surface area contributed by atoms with Crippen molar-refractivity contribution in [2.45, 2.75) is 13.5 Å². The molecule has 0 unspecified atom stereocenters. The first kappa shape index (κ1) is 10.7. The summed E-state index contributed by atoms with van der Waals surface area (Å²) in [5.41, 5.74) is 3.10. The van der Waals surface area contributed by atoms with Crippen molar-refractivity contribution < 1.29 is 0 Å². The number of rotatable bonds is 3. The zero-order valence-electron chi connectivity index (χ0n) is 9.03. The van der Waals surface area contributed by atoms with Crippen LogP contribution >= 0.6 is 11.3 Å². The van der Waals surface area contributed by atoms with E-state index in [1.165, 1.54) is 10.4 Å². The van der Waals surface area contributed by atoms with Gasteiger partial charge in [-0.05, 0) is 30.7 Å². The lowest BCUT2D eigenvalue weighted by Crippen LogP contribution is -1.97. The van der Waals surface area contributed by atoms with Crippen molar-refractivity contribution in [3.05, 3.63) is 51.7 Å². The lowest BCUT2D eigenvalue weighted by molar-refractivity contribution is 1.19. The van der Waals surface area contributed by atoms with Gasteiger partial charge in [-0.1, -0.05) is 12.1 Å². The Bertz CT molecular complexity index is 523. The average molecular weight is 228 g/mol. The second-order valence-corrected chi connectivity index (χ2v) is 4.63. The molecule has 0 radical (unpaired) electrons. The molecule has 2 aromatic rings. The molecule has 0 amide bonds. The van der Waals surface area contributed by atoms with E-state index in [1.54, 1.807) is 11.3 Å². The fourth-order valence-electron chi connectivity index (χ4n) is 1.48. The van der Waals surface area contributed by atoms with Crippen LogP contribution in [0.25, 0.3) is 0 Å². The highest BCUT2D eigenvalue weighted by Gasteiger charge is 1.99. The third kappa shape index (κ3) is 2.62. The van der Waals surface area contributed by atoms with E-state index >= 15 is 0 Å². The molecule has 80 valence electrons. The number of aryl methyl sites for hydroxylation is 1. The van der Waals surface area contributed by atoms with E-state index in [0.29, 0.717) is 0 Å². The maximum Gasteiger partial charge on any atom is 0.100 e. The first-order chi connectivity index (χ1) is 7.78. The first-order valence-corrected chi connectivity index (χ1v) is 5.94. The number of nitriles is 1. The molecule has 0 saturated heterocycles. The summed E-state index contributed by atoms with van der Waals surface area (Å²) in [6, 6.07) is 12.3. The van der Waals surface area contributed by atoms with Crippen LogP contribution in [0.1, 0.15) is 16.0 Å². The van der Waals surface area contributed by atoms with Gasteiger partial charge in [0, 0.05) is 22.5 Å². The highest BCUT2D eigenvalue weighted by atomic mass is 32.1. The number of anilines is 1. The molecule has 0 atom stereocenters. The van der Waals surface area contributed by atoms with Gasteiger partial charge in [-0.3, -0.25) is 0 Å². The van der Waals surface area contributed by atoms with Crippen LogP contribution in [-0.2, 0) is 6.54 Å². The largest absolute Gasteiger partial charge is 0.380 e. The smallest absolute Gasteiger partial charge is 0.100 e. The molecule has 2 nitrogen and oxygen atoms in total. The summed E-state index contributed by atoms with van der Waals surface area (Å²) in [6.07, 6.45) is 0. The Hall–Kier alpha value is -1.79. The Labute approximate surface area is 99.2 Å². The second-order valence-electron chi connectivity index (χ2n) is 3.64. The summed E-state index contributed by atoms with van der Waals surface area (Å²) in [6.45, 7) is 2.85. The topological polar surface area (TPSA) is 35.8 Å². The number of hydrogen-bond acceptors (Lipinski definition) is 3. The van der Waals surface area contributed by atoms with Crippen LogP contribution in [0.15, 0.2) is 35.7 Å². The summed E-state index contributed by atoms with van der Waals surface area (Å²) in [5, 5.41) is 13.9. The van der Waals surface area contributed by atoms with Gasteiger partial charge in [0.1, 0.15) is 6.07 Å². The Balaban J connectivity index is 2.00. The van der Waals surface area contributed by atoms with Crippen molar-refractivity contribution in [2.75, 3.05) is 5.32 Å². The zero-order valence-corrected chi connectivity index (χ0v) is 9.84. The van der Waals surface area contributed by atoms with Crippen molar-refractivity contribution in [2.24, 2.45) is 0 Å². The molecule has 1 heterocycles. The van der Waals surface area contributed by atoms with Gasteiger partial charge in [-0.15, -0.1) is 11.3 Å². The lowest BCUT2D eigenvalue weighted by Gasteiger charge is -2.05. The Morgan fingerprint density at radius 2 is 2.25 bits per heavy atom. The van der Waals surface area contributed by atoms with Crippen LogP contribution in [0.4, 0.5) is 5.69 Å². The molecular weight excluding hydrogens is 216 g/mol.